The van der Waals surface area contributed by atoms with E-state index in [1.54, 1.807) is 24.3 Å². The molecule has 94 valence electrons. The van der Waals surface area contributed by atoms with E-state index in [4.69, 9.17) is 11.6 Å². The predicted octanol–water partition coefficient (Wildman–Crippen LogP) is 3.25. The van der Waals surface area contributed by atoms with Gasteiger partial charge in [-0.15, -0.1) is 0 Å². The minimum atomic E-state index is -2.79. The third-order valence-electron chi connectivity index (χ3n) is 2.68. The first kappa shape index (κ1) is 13.1. The average molecular weight is 268 g/mol. The Morgan fingerprint density at radius 1 is 1.39 bits per heavy atom. The van der Waals surface area contributed by atoms with E-state index in [0.29, 0.717) is 18.0 Å². The minimum Gasteiger partial charge on any atom is -0.311 e. The Hall–Kier alpha value is -1.37. The largest absolute Gasteiger partial charge is 0.311 e. The van der Waals surface area contributed by atoms with Gasteiger partial charge in [0.15, 0.2) is 0 Å². The molecule has 1 nitrogen and oxygen atoms in total. The number of rotatable bonds is 0. The summed E-state index contributed by atoms with van der Waals surface area (Å²) in [5, 5.41) is 3.25. The van der Waals surface area contributed by atoms with Crippen LogP contribution in [0.5, 0.6) is 0 Å². The summed E-state index contributed by atoms with van der Waals surface area (Å²) < 4.78 is 26.9. The van der Waals surface area contributed by atoms with E-state index in [1.807, 2.05) is 0 Å². The highest BCUT2D eigenvalue weighted by molar-refractivity contribution is 6.30. The van der Waals surface area contributed by atoms with Crippen molar-refractivity contribution in [2.45, 2.75) is 12.3 Å². The molecule has 0 amide bonds. The first-order valence-corrected chi connectivity index (χ1v) is 6.01. The average Bonchev–Trinajstić information content (AvgIpc) is 2.31. The Balaban J connectivity index is 2.15. The molecule has 1 fully saturated rings. The van der Waals surface area contributed by atoms with Crippen LogP contribution >= 0.6 is 11.6 Å². The number of allylic oxidation sites excluding steroid dienone is 1. The number of halogens is 3. The zero-order chi connectivity index (χ0) is 13.0. The van der Waals surface area contributed by atoms with Gasteiger partial charge in [-0.1, -0.05) is 29.5 Å². The highest BCUT2D eigenvalue weighted by Gasteiger charge is 2.35. The second kappa shape index (κ2) is 5.51. The Kier molecular flexibility index (Phi) is 4.00. The summed E-state index contributed by atoms with van der Waals surface area (Å²) in [5.74, 6) is 2.69. The van der Waals surface area contributed by atoms with Gasteiger partial charge in [0.2, 0.25) is 0 Å². The predicted molar refractivity (Wildman–Crippen MR) is 68.8 cm³/mol. The standard InChI is InChI=1S/C14H12ClF2N/c15-13-6-2-4-11(9-13)3-1-5-12-7-8-18-10-14(12,16)17/h2,4-6,9,18H,7-8,10H2. The summed E-state index contributed by atoms with van der Waals surface area (Å²) >= 11 is 5.81. The summed E-state index contributed by atoms with van der Waals surface area (Å²) in [4.78, 5) is 0. The zero-order valence-electron chi connectivity index (χ0n) is 9.64. The maximum atomic E-state index is 13.4. The molecule has 0 bridgehead atoms. The maximum Gasteiger partial charge on any atom is 0.282 e. The monoisotopic (exact) mass is 267 g/mol. The normalized spacial score (nSPS) is 20.3. The van der Waals surface area contributed by atoms with Crippen LogP contribution in [0.4, 0.5) is 8.78 Å². The van der Waals surface area contributed by atoms with Gasteiger partial charge in [-0.2, -0.15) is 0 Å². The van der Waals surface area contributed by atoms with Crippen LogP contribution in [0, 0.1) is 11.8 Å². The molecular formula is C14H12ClF2N. The summed E-state index contributed by atoms with van der Waals surface area (Å²) in [6, 6.07) is 7.01. The molecule has 1 saturated heterocycles. The van der Waals surface area contributed by atoms with Crippen molar-refractivity contribution in [2.24, 2.45) is 0 Å². The van der Waals surface area contributed by atoms with Crippen LogP contribution in [0.25, 0.3) is 0 Å². The van der Waals surface area contributed by atoms with E-state index >= 15 is 0 Å². The van der Waals surface area contributed by atoms with Crippen LogP contribution in [-0.4, -0.2) is 19.0 Å². The lowest BCUT2D eigenvalue weighted by atomic mass is 10.0. The van der Waals surface area contributed by atoms with Crippen molar-refractivity contribution in [1.29, 1.82) is 0 Å². The number of hydrogen-bond acceptors (Lipinski definition) is 1. The highest BCUT2D eigenvalue weighted by atomic mass is 35.5. The van der Waals surface area contributed by atoms with E-state index in [1.165, 1.54) is 6.08 Å². The van der Waals surface area contributed by atoms with Crippen molar-refractivity contribution in [3.63, 3.8) is 0 Å². The molecule has 1 aliphatic rings. The third-order valence-corrected chi connectivity index (χ3v) is 2.91. The van der Waals surface area contributed by atoms with Crippen molar-refractivity contribution in [2.75, 3.05) is 13.1 Å². The lowest BCUT2D eigenvalue weighted by Gasteiger charge is -2.25. The second-order valence-electron chi connectivity index (χ2n) is 4.08. The fourth-order valence-electron chi connectivity index (χ4n) is 1.72. The molecule has 0 spiro atoms. The molecule has 4 heteroatoms. The topological polar surface area (TPSA) is 12.0 Å². The number of alkyl halides is 2. The molecule has 1 aromatic rings. The maximum absolute atomic E-state index is 13.4. The van der Waals surface area contributed by atoms with Crippen LogP contribution < -0.4 is 5.32 Å². The van der Waals surface area contributed by atoms with E-state index in [0.717, 1.165) is 5.56 Å². The molecular weight excluding hydrogens is 256 g/mol. The van der Waals surface area contributed by atoms with Crippen molar-refractivity contribution < 1.29 is 8.78 Å². The first-order valence-electron chi connectivity index (χ1n) is 5.63. The number of benzene rings is 1. The van der Waals surface area contributed by atoms with Crippen LogP contribution in [0.1, 0.15) is 12.0 Å². The molecule has 0 atom stereocenters. The first-order chi connectivity index (χ1) is 8.58. The van der Waals surface area contributed by atoms with Crippen molar-refractivity contribution in [1.82, 2.24) is 5.32 Å². The van der Waals surface area contributed by atoms with E-state index in [2.05, 4.69) is 17.2 Å². The Labute approximate surface area is 110 Å². The van der Waals surface area contributed by atoms with Gasteiger partial charge < -0.3 is 5.32 Å². The fourth-order valence-corrected chi connectivity index (χ4v) is 1.91. The number of nitrogens with one attached hydrogen (secondary N) is 1. The van der Waals surface area contributed by atoms with Gasteiger partial charge >= 0.3 is 0 Å². The van der Waals surface area contributed by atoms with Gasteiger partial charge in [0.05, 0.1) is 6.54 Å². The van der Waals surface area contributed by atoms with Crippen molar-refractivity contribution in [3.05, 3.63) is 46.5 Å². The molecule has 2 rings (SSSR count). The molecule has 0 aromatic heterocycles. The summed E-state index contributed by atoms with van der Waals surface area (Å²) in [6.45, 7) is 0.262. The zero-order valence-corrected chi connectivity index (χ0v) is 10.4. The quantitative estimate of drug-likeness (QED) is 0.712. The van der Waals surface area contributed by atoms with Gasteiger partial charge in [-0.3, -0.25) is 0 Å². The van der Waals surface area contributed by atoms with Gasteiger partial charge in [-0.05, 0) is 37.2 Å². The molecule has 0 unspecified atom stereocenters. The van der Waals surface area contributed by atoms with Crippen LogP contribution in [0.3, 0.4) is 0 Å². The molecule has 1 N–H and O–H groups in total. The Morgan fingerprint density at radius 3 is 2.94 bits per heavy atom. The van der Waals surface area contributed by atoms with Crippen LogP contribution in [0.15, 0.2) is 35.9 Å². The third kappa shape index (κ3) is 3.32. The van der Waals surface area contributed by atoms with Gasteiger partial charge in [-0.25, -0.2) is 8.78 Å². The van der Waals surface area contributed by atoms with Gasteiger partial charge in [0.1, 0.15) is 0 Å². The smallest absolute Gasteiger partial charge is 0.282 e. The summed E-state index contributed by atoms with van der Waals surface area (Å²) in [7, 11) is 0. The SMILES string of the molecule is FC1(F)CNCCC1=CC#Cc1cccc(Cl)c1. The second-order valence-corrected chi connectivity index (χ2v) is 4.52. The minimum absolute atomic E-state index is 0.0933. The number of piperidine rings is 1. The van der Waals surface area contributed by atoms with E-state index < -0.39 is 5.92 Å². The van der Waals surface area contributed by atoms with Crippen molar-refractivity contribution in [3.8, 4) is 11.8 Å². The Morgan fingerprint density at radius 2 is 2.22 bits per heavy atom. The highest BCUT2D eigenvalue weighted by Crippen LogP contribution is 2.28. The lowest BCUT2D eigenvalue weighted by molar-refractivity contribution is 0.0285. The summed E-state index contributed by atoms with van der Waals surface area (Å²) in [5.41, 5.74) is 0.812. The lowest BCUT2D eigenvalue weighted by Crippen LogP contribution is -2.40. The molecule has 18 heavy (non-hydrogen) atoms. The summed E-state index contributed by atoms with van der Waals surface area (Å²) in [6.07, 6.45) is 1.65. The molecule has 1 heterocycles. The van der Waals surface area contributed by atoms with Crippen molar-refractivity contribution >= 4 is 11.6 Å². The molecule has 0 aliphatic carbocycles. The molecule has 0 saturated carbocycles. The van der Waals surface area contributed by atoms with Crippen LogP contribution in [0.2, 0.25) is 5.02 Å². The van der Waals surface area contributed by atoms with E-state index in [-0.39, 0.29) is 12.1 Å². The molecule has 1 aromatic carbocycles. The van der Waals surface area contributed by atoms with E-state index in [9.17, 15) is 8.78 Å². The van der Waals surface area contributed by atoms with Gasteiger partial charge in [0.25, 0.3) is 5.92 Å². The number of hydrogen-bond donors (Lipinski definition) is 1. The molecule has 0 radical (unpaired) electrons. The fraction of sp³-hybridized carbons (Fsp3) is 0.286. The van der Waals surface area contributed by atoms with Gasteiger partial charge in [0, 0.05) is 16.2 Å². The molecule has 1 aliphatic heterocycles. The Bertz CT molecular complexity index is 526. The van der Waals surface area contributed by atoms with Crippen LogP contribution in [-0.2, 0) is 0 Å².